The van der Waals surface area contributed by atoms with Gasteiger partial charge in [-0.05, 0) is 51.2 Å². The van der Waals surface area contributed by atoms with Crippen molar-refractivity contribution in [1.29, 1.82) is 0 Å². The number of hydrogen-bond acceptors (Lipinski definition) is 8. The first-order valence-electron chi connectivity index (χ1n) is 11.3. The molecular formula is C23H29N7O3. The van der Waals surface area contributed by atoms with Crippen LogP contribution in [0.4, 0.5) is 5.82 Å². The number of carbonyl (C=O) groups is 1. The minimum absolute atomic E-state index is 0.108. The minimum Gasteiger partial charge on any atom is -0.489 e. The number of nitrogens with one attached hydrogen (secondary N) is 1. The predicted molar refractivity (Wildman–Crippen MR) is 122 cm³/mol. The molecule has 0 bridgehead atoms. The van der Waals surface area contributed by atoms with E-state index in [1.807, 2.05) is 32.2 Å². The third-order valence-electron chi connectivity index (χ3n) is 6.01. The molecule has 0 spiro atoms. The fourth-order valence-corrected chi connectivity index (χ4v) is 4.10. The lowest BCUT2D eigenvalue weighted by Gasteiger charge is -2.27. The number of rotatable bonds is 8. The molecule has 3 heterocycles. The molecular weight excluding hydrogens is 422 g/mol. The van der Waals surface area contributed by atoms with Gasteiger partial charge in [0.1, 0.15) is 23.6 Å². The standard InChI is InChI=1S/C23H29N7O3/c1-4-16-11-21(26-13-25-16)24-12-19-22(28-29-30(19)3)18-8-9-20(14(2)27-18)33-17-7-5-6-15(10-17)23(31)32/h8-9,11,13,15,17H,4-7,10,12H2,1-3H3,(H,31,32)(H,24,25,26)/t15-,17-/m0/s1. The molecule has 1 fully saturated rings. The summed E-state index contributed by atoms with van der Waals surface area (Å²) < 4.78 is 7.85. The van der Waals surface area contributed by atoms with E-state index in [4.69, 9.17) is 9.72 Å². The van der Waals surface area contributed by atoms with Crippen molar-refractivity contribution in [3.8, 4) is 17.1 Å². The first-order valence-corrected chi connectivity index (χ1v) is 11.3. The summed E-state index contributed by atoms with van der Waals surface area (Å²) in [6, 6.07) is 5.68. The van der Waals surface area contributed by atoms with E-state index >= 15 is 0 Å². The molecule has 10 nitrogen and oxygen atoms in total. The summed E-state index contributed by atoms with van der Waals surface area (Å²) >= 11 is 0. The normalized spacial score (nSPS) is 18.2. The summed E-state index contributed by atoms with van der Waals surface area (Å²) in [7, 11) is 1.84. The van der Waals surface area contributed by atoms with Gasteiger partial charge in [0.25, 0.3) is 0 Å². The third kappa shape index (κ3) is 5.27. The van der Waals surface area contributed by atoms with Gasteiger partial charge in [0, 0.05) is 18.8 Å². The van der Waals surface area contributed by atoms with Crippen molar-refractivity contribution < 1.29 is 14.6 Å². The molecule has 10 heteroatoms. The average molecular weight is 452 g/mol. The molecule has 3 aromatic heterocycles. The summed E-state index contributed by atoms with van der Waals surface area (Å²) in [5.41, 5.74) is 3.97. The first-order chi connectivity index (χ1) is 15.9. The van der Waals surface area contributed by atoms with Crippen LogP contribution in [0, 0.1) is 12.8 Å². The SMILES string of the molecule is CCc1cc(NCc2c(-c3ccc(O[C@H]4CCC[C@H](C(=O)O)C4)c(C)n3)nnn2C)ncn1. The van der Waals surface area contributed by atoms with Gasteiger partial charge < -0.3 is 15.2 Å². The highest BCUT2D eigenvalue weighted by Crippen LogP contribution is 2.30. The molecule has 0 saturated heterocycles. The number of aliphatic carboxylic acids is 1. The van der Waals surface area contributed by atoms with Gasteiger partial charge >= 0.3 is 5.97 Å². The molecule has 4 rings (SSSR count). The molecule has 0 aliphatic heterocycles. The van der Waals surface area contributed by atoms with Gasteiger partial charge in [-0.25, -0.2) is 19.6 Å². The topological polar surface area (TPSA) is 128 Å². The van der Waals surface area contributed by atoms with Gasteiger partial charge in [-0.15, -0.1) is 5.10 Å². The molecule has 2 atom stereocenters. The Labute approximate surface area is 192 Å². The molecule has 3 aromatic rings. The van der Waals surface area contributed by atoms with Crippen LogP contribution >= 0.6 is 0 Å². The van der Waals surface area contributed by atoms with E-state index in [-0.39, 0.29) is 12.0 Å². The van der Waals surface area contributed by atoms with Gasteiger partial charge in [-0.1, -0.05) is 12.1 Å². The number of ether oxygens (including phenoxy) is 1. The van der Waals surface area contributed by atoms with E-state index < -0.39 is 5.97 Å². The number of anilines is 1. The molecule has 0 radical (unpaired) electrons. The van der Waals surface area contributed by atoms with Crippen molar-refractivity contribution >= 4 is 11.8 Å². The van der Waals surface area contributed by atoms with Crippen LogP contribution in [-0.2, 0) is 24.8 Å². The second kappa shape index (κ2) is 9.93. The van der Waals surface area contributed by atoms with Gasteiger partial charge in [-0.2, -0.15) is 0 Å². The molecule has 1 saturated carbocycles. The molecule has 33 heavy (non-hydrogen) atoms. The second-order valence-electron chi connectivity index (χ2n) is 8.33. The lowest BCUT2D eigenvalue weighted by molar-refractivity contribution is -0.143. The maximum absolute atomic E-state index is 11.3. The molecule has 1 aliphatic carbocycles. The van der Waals surface area contributed by atoms with Gasteiger partial charge in [0.15, 0.2) is 0 Å². The fraction of sp³-hybridized carbons (Fsp3) is 0.478. The summed E-state index contributed by atoms with van der Waals surface area (Å²) in [5.74, 6) is 0.333. The van der Waals surface area contributed by atoms with Crippen molar-refractivity contribution in [3.05, 3.63) is 41.6 Å². The Hall–Kier alpha value is -3.56. The average Bonchev–Trinajstić information content (AvgIpc) is 3.19. The monoisotopic (exact) mass is 451 g/mol. The number of aryl methyl sites for hydroxylation is 3. The van der Waals surface area contributed by atoms with Crippen molar-refractivity contribution in [1.82, 2.24) is 29.9 Å². The molecule has 0 amide bonds. The lowest BCUT2D eigenvalue weighted by atomic mass is 9.87. The van der Waals surface area contributed by atoms with E-state index in [0.717, 1.165) is 42.2 Å². The summed E-state index contributed by atoms with van der Waals surface area (Å²) in [5, 5.41) is 21.1. The maximum atomic E-state index is 11.3. The van der Waals surface area contributed by atoms with Crippen LogP contribution in [0.2, 0.25) is 0 Å². The Kier molecular flexibility index (Phi) is 6.81. The Morgan fingerprint density at radius 1 is 1.30 bits per heavy atom. The summed E-state index contributed by atoms with van der Waals surface area (Å²) in [6.07, 6.45) is 5.23. The van der Waals surface area contributed by atoms with Crippen molar-refractivity contribution in [2.45, 2.75) is 58.6 Å². The van der Waals surface area contributed by atoms with Crippen LogP contribution in [-0.4, -0.2) is 47.1 Å². The molecule has 1 aliphatic rings. The van der Waals surface area contributed by atoms with Gasteiger partial charge in [0.2, 0.25) is 0 Å². The minimum atomic E-state index is -0.745. The molecule has 0 aromatic carbocycles. The Bertz CT molecular complexity index is 1130. The summed E-state index contributed by atoms with van der Waals surface area (Å²) in [4.78, 5) is 24.5. The predicted octanol–water partition coefficient (Wildman–Crippen LogP) is 3.17. The van der Waals surface area contributed by atoms with Crippen LogP contribution in [0.5, 0.6) is 5.75 Å². The largest absolute Gasteiger partial charge is 0.489 e. The summed E-state index contributed by atoms with van der Waals surface area (Å²) in [6.45, 7) is 4.42. The van der Waals surface area contributed by atoms with Gasteiger partial charge in [-0.3, -0.25) is 4.79 Å². The Morgan fingerprint density at radius 2 is 2.15 bits per heavy atom. The van der Waals surface area contributed by atoms with Crippen molar-refractivity contribution in [3.63, 3.8) is 0 Å². The number of pyridine rings is 1. The fourth-order valence-electron chi connectivity index (χ4n) is 4.10. The molecule has 0 unspecified atom stereocenters. The maximum Gasteiger partial charge on any atom is 0.306 e. The third-order valence-corrected chi connectivity index (χ3v) is 6.01. The highest BCUT2D eigenvalue weighted by molar-refractivity contribution is 5.70. The highest BCUT2D eigenvalue weighted by Gasteiger charge is 2.28. The van der Waals surface area contributed by atoms with Crippen LogP contribution < -0.4 is 10.1 Å². The number of carboxylic acids is 1. The van der Waals surface area contributed by atoms with E-state index in [2.05, 4.69) is 32.5 Å². The quantitative estimate of drug-likeness (QED) is 0.530. The smallest absolute Gasteiger partial charge is 0.306 e. The zero-order chi connectivity index (χ0) is 23.4. The molecule has 174 valence electrons. The Morgan fingerprint density at radius 3 is 2.91 bits per heavy atom. The van der Waals surface area contributed by atoms with Crippen molar-refractivity contribution in [2.24, 2.45) is 13.0 Å². The van der Waals surface area contributed by atoms with Crippen LogP contribution in [0.25, 0.3) is 11.4 Å². The van der Waals surface area contributed by atoms with Gasteiger partial charge in [0.05, 0.1) is 35.6 Å². The van der Waals surface area contributed by atoms with Crippen LogP contribution in [0.1, 0.15) is 49.7 Å². The number of nitrogens with zero attached hydrogens (tertiary/aromatic N) is 6. The number of aromatic nitrogens is 6. The van der Waals surface area contributed by atoms with Crippen LogP contribution in [0.3, 0.4) is 0 Å². The zero-order valence-electron chi connectivity index (χ0n) is 19.2. The van der Waals surface area contributed by atoms with E-state index in [1.54, 1.807) is 11.0 Å². The van der Waals surface area contributed by atoms with Crippen LogP contribution in [0.15, 0.2) is 24.5 Å². The number of hydrogen-bond donors (Lipinski definition) is 2. The van der Waals surface area contributed by atoms with E-state index in [9.17, 15) is 9.90 Å². The Balaban J connectivity index is 1.48. The van der Waals surface area contributed by atoms with Crippen molar-refractivity contribution in [2.75, 3.05) is 5.32 Å². The zero-order valence-corrected chi connectivity index (χ0v) is 19.2. The number of carboxylic acid groups (broad SMARTS) is 1. The molecule has 2 N–H and O–H groups in total. The highest BCUT2D eigenvalue weighted by atomic mass is 16.5. The van der Waals surface area contributed by atoms with E-state index in [0.29, 0.717) is 36.5 Å². The first kappa shape index (κ1) is 22.6. The van der Waals surface area contributed by atoms with E-state index in [1.165, 1.54) is 0 Å². The second-order valence-corrected chi connectivity index (χ2v) is 8.33. The lowest BCUT2D eigenvalue weighted by Crippen LogP contribution is -2.29.